The van der Waals surface area contributed by atoms with Crippen LogP contribution in [0.15, 0.2) is 23.8 Å². The maximum atomic E-state index is 11.2. The number of hydrogen-bond acceptors (Lipinski definition) is 4. The largest absolute Gasteiger partial charge is 0.290 e. The normalized spacial score (nSPS) is 16.7. The monoisotopic (exact) mass is 229 g/mol. The molecule has 0 saturated carbocycles. The summed E-state index contributed by atoms with van der Waals surface area (Å²) in [7, 11) is -3.25. The molecule has 0 atom stereocenters. The highest BCUT2D eigenvalue weighted by Crippen LogP contribution is 2.08. The Kier molecular flexibility index (Phi) is 3.54. The number of sulfonamides is 1. The topological polar surface area (TPSA) is 80.3 Å². The Bertz CT molecular complexity index is 445. The summed E-state index contributed by atoms with van der Waals surface area (Å²) in [5.74, 6) is -0.492. The second-order valence-electron chi connectivity index (χ2n) is 3.19. The van der Waals surface area contributed by atoms with Gasteiger partial charge in [0.15, 0.2) is 11.6 Å². The van der Waals surface area contributed by atoms with Gasteiger partial charge in [0.1, 0.15) is 0 Å². The molecule has 5 nitrogen and oxygen atoms in total. The van der Waals surface area contributed by atoms with E-state index in [1.54, 1.807) is 0 Å². The summed E-state index contributed by atoms with van der Waals surface area (Å²) in [6, 6.07) is 0. The minimum Gasteiger partial charge on any atom is -0.290 e. The summed E-state index contributed by atoms with van der Waals surface area (Å²) in [5.41, 5.74) is 0.332. The molecule has 0 aliphatic heterocycles. The van der Waals surface area contributed by atoms with Crippen LogP contribution in [0.3, 0.4) is 0 Å². The number of hydrogen-bond donors (Lipinski definition) is 1. The Labute approximate surface area is 87.9 Å². The molecule has 0 bridgehead atoms. The summed E-state index contributed by atoms with van der Waals surface area (Å²) in [5, 5.41) is 0. The smallest absolute Gasteiger partial charge is 0.208 e. The fourth-order valence-corrected chi connectivity index (χ4v) is 1.60. The molecule has 1 N–H and O–H groups in total. The van der Waals surface area contributed by atoms with Gasteiger partial charge in [0.05, 0.1) is 6.26 Å². The number of nitrogens with one attached hydrogen (secondary N) is 1. The lowest BCUT2D eigenvalue weighted by Gasteiger charge is -2.06. The Morgan fingerprint density at radius 3 is 2.53 bits per heavy atom. The van der Waals surface area contributed by atoms with E-state index in [1.807, 2.05) is 0 Å². The first-order chi connectivity index (χ1) is 6.88. The quantitative estimate of drug-likeness (QED) is 0.663. The van der Waals surface area contributed by atoms with Crippen molar-refractivity contribution in [1.29, 1.82) is 0 Å². The molecule has 0 radical (unpaired) electrons. The molecule has 82 valence electrons. The van der Waals surface area contributed by atoms with Gasteiger partial charge in [0.25, 0.3) is 0 Å². The highest BCUT2D eigenvalue weighted by Gasteiger charge is 2.13. The average Bonchev–Trinajstić information content (AvgIpc) is 2.09. The van der Waals surface area contributed by atoms with Crippen LogP contribution in [-0.4, -0.2) is 32.8 Å². The zero-order valence-corrected chi connectivity index (χ0v) is 9.00. The molecule has 1 rings (SSSR count). The number of rotatable bonds is 4. The van der Waals surface area contributed by atoms with Crippen LogP contribution in [0.25, 0.3) is 0 Å². The molecule has 0 saturated heterocycles. The predicted octanol–water partition coefficient (Wildman–Crippen LogP) is -0.440. The summed E-state index contributed by atoms with van der Waals surface area (Å²) >= 11 is 0. The van der Waals surface area contributed by atoms with Gasteiger partial charge in [0, 0.05) is 12.1 Å². The van der Waals surface area contributed by atoms with E-state index in [1.165, 1.54) is 18.2 Å². The average molecular weight is 229 g/mol. The summed E-state index contributed by atoms with van der Waals surface area (Å²) in [4.78, 5) is 22.1. The first kappa shape index (κ1) is 11.8. The Balaban J connectivity index is 2.53. The SMILES string of the molecule is CS(=O)(=O)NCCC1=CC(=O)C=CC1=O. The van der Waals surface area contributed by atoms with Gasteiger partial charge in [-0.25, -0.2) is 13.1 Å². The van der Waals surface area contributed by atoms with Crippen LogP contribution >= 0.6 is 0 Å². The summed E-state index contributed by atoms with van der Waals surface area (Å²) in [6.07, 6.45) is 4.87. The van der Waals surface area contributed by atoms with Crippen LogP contribution in [0.2, 0.25) is 0 Å². The van der Waals surface area contributed by atoms with Crippen molar-refractivity contribution in [3.8, 4) is 0 Å². The van der Waals surface area contributed by atoms with Crippen LogP contribution in [-0.2, 0) is 19.6 Å². The molecule has 0 spiro atoms. The maximum Gasteiger partial charge on any atom is 0.208 e. The Morgan fingerprint density at radius 1 is 1.27 bits per heavy atom. The first-order valence-corrected chi connectivity index (χ1v) is 6.19. The molecule has 0 unspecified atom stereocenters. The molecule has 0 aromatic heterocycles. The van der Waals surface area contributed by atoms with E-state index < -0.39 is 10.0 Å². The third kappa shape index (κ3) is 4.18. The van der Waals surface area contributed by atoms with Crippen LogP contribution in [0.4, 0.5) is 0 Å². The van der Waals surface area contributed by atoms with Crippen molar-refractivity contribution >= 4 is 21.6 Å². The third-order valence-electron chi connectivity index (χ3n) is 1.79. The first-order valence-electron chi connectivity index (χ1n) is 4.30. The lowest BCUT2D eigenvalue weighted by molar-refractivity contribution is -0.114. The zero-order chi connectivity index (χ0) is 11.5. The molecule has 15 heavy (non-hydrogen) atoms. The van der Waals surface area contributed by atoms with Crippen molar-refractivity contribution in [2.24, 2.45) is 0 Å². The van der Waals surface area contributed by atoms with Crippen LogP contribution < -0.4 is 4.72 Å². The molecule has 0 heterocycles. The van der Waals surface area contributed by atoms with Crippen molar-refractivity contribution in [3.05, 3.63) is 23.8 Å². The lowest BCUT2D eigenvalue weighted by Crippen LogP contribution is -2.24. The Morgan fingerprint density at radius 2 is 1.93 bits per heavy atom. The molecule has 1 aliphatic rings. The van der Waals surface area contributed by atoms with Crippen molar-refractivity contribution in [2.45, 2.75) is 6.42 Å². The fourth-order valence-electron chi connectivity index (χ4n) is 1.12. The zero-order valence-electron chi connectivity index (χ0n) is 8.19. The van der Waals surface area contributed by atoms with Gasteiger partial charge in [-0.15, -0.1) is 0 Å². The number of carbonyl (C=O) groups excluding carboxylic acids is 2. The molecule has 0 amide bonds. The fraction of sp³-hybridized carbons (Fsp3) is 0.333. The lowest BCUT2D eigenvalue weighted by atomic mass is 10.0. The van der Waals surface area contributed by atoms with E-state index in [4.69, 9.17) is 0 Å². The van der Waals surface area contributed by atoms with Gasteiger partial charge in [-0.3, -0.25) is 9.59 Å². The van der Waals surface area contributed by atoms with E-state index in [0.29, 0.717) is 5.57 Å². The highest BCUT2D eigenvalue weighted by molar-refractivity contribution is 7.88. The van der Waals surface area contributed by atoms with E-state index >= 15 is 0 Å². The van der Waals surface area contributed by atoms with Gasteiger partial charge in [-0.05, 0) is 24.6 Å². The van der Waals surface area contributed by atoms with E-state index in [-0.39, 0.29) is 24.5 Å². The van der Waals surface area contributed by atoms with Crippen LogP contribution in [0.1, 0.15) is 6.42 Å². The minimum absolute atomic E-state index is 0.123. The predicted molar refractivity (Wildman–Crippen MR) is 54.7 cm³/mol. The van der Waals surface area contributed by atoms with Gasteiger partial charge in [-0.1, -0.05) is 0 Å². The third-order valence-corrected chi connectivity index (χ3v) is 2.52. The minimum atomic E-state index is -3.25. The number of allylic oxidation sites excluding steroid dienone is 3. The van der Waals surface area contributed by atoms with Gasteiger partial charge in [0.2, 0.25) is 10.0 Å². The van der Waals surface area contributed by atoms with E-state index in [0.717, 1.165) is 6.26 Å². The second kappa shape index (κ2) is 4.50. The van der Waals surface area contributed by atoms with Crippen molar-refractivity contribution < 1.29 is 18.0 Å². The highest BCUT2D eigenvalue weighted by atomic mass is 32.2. The van der Waals surface area contributed by atoms with E-state index in [9.17, 15) is 18.0 Å². The molecular weight excluding hydrogens is 218 g/mol. The molecule has 0 fully saturated rings. The van der Waals surface area contributed by atoms with Crippen molar-refractivity contribution in [2.75, 3.05) is 12.8 Å². The molecule has 6 heteroatoms. The number of ketones is 2. The molecule has 0 aromatic rings. The van der Waals surface area contributed by atoms with Gasteiger partial charge >= 0.3 is 0 Å². The van der Waals surface area contributed by atoms with Crippen LogP contribution in [0, 0.1) is 0 Å². The second-order valence-corrected chi connectivity index (χ2v) is 5.02. The molecule has 1 aliphatic carbocycles. The maximum absolute atomic E-state index is 11.2. The molecular formula is C9H11NO4S. The van der Waals surface area contributed by atoms with Crippen molar-refractivity contribution in [1.82, 2.24) is 4.72 Å². The van der Waals surface area contributed by atoms with Crippen LogP contribution in [0.5, 0.6) is 0 Å². The summed E-state index contributed by atoms with van der Waals surface area (Å²) < 4.78 is 23.7. The van der Waals surface area contributed by atoms with Crippen molar-refractivity contribution in [3.63, 3.8) is 0 Å². The van der Waals surface area contributed by atoms with Gasteiger partial charge < -0.3 is 0 Å². The number of carbonyl (C=O) groups is 2. The summed E-state index contributed by atoms with van der Waals surface area (Å²) in [6.45, 7) is 0.123. The van der Waals surface area contributed by atoms with E-state index in [2.05, 4.69) is 4.72 Å². The Hall–Kier alpha value is -1.27. The molecule has 0 aromatic carbocycles. The van der Waals surface area contributed by atoms with Gasteiger partial charge in [-0.2, -0.15) is 0 Å². The standard InChI is InChI=1S/C9H11NO4S/c1-15(13,14)10-5-4-7-6-8(11)2-3-9(7)12/h2-3,6,10H,4-5H2,1H3.